The van der Waals surface area contributed by atoms with Crippen molar-refractivity contribution in [3.8, 4) is 0 Å². The predicted molar refractivity (Wildman–Crippen MR) is 154 cm³/mol. The molecule has 1 rings (SSSR count). The van der Waals surface area contributed by atoms with Crippen LogP contribution in [-0.4, -0.2) is 0 Å². The minimum absolute atomic E-state index is 0.127. The van der Waals surface area contributed by atoms with Gasteiger partial charge >= 0.3 is 0 Å². The van der Waals surface area contributed by atoms with Crippen molar-refractivity contribution in [2.75, 3.05) is 0 Å². The van der Waals surface area contributed by atoms with Crippen LogP contribution in [0.2, 0.25) is 0 Å². The van der Waals surface area contributed by atoms with Crippen LogP contribution >= 0.6 is 0 Å². The van der Waals surface area contributed by atoms with Crippen molar-refractivity contribution in [3.05, 3.63) is 200 Å². The van der Waals surface area contributed by atoms with Crippen LogP contribution in [0.15, 0.2) is 119 Å². The Morgan fingerprint density at radius 2 is 0.579 bits per heavy atom. The largest absolute Gasteiger partial charge is 0.290 e. The molecule has 38 heavy (non-hydrogen) atoms. The number of hydrogen-bond acceptors (Lipinski definition) is 2. The maximum atomic E-state index is 11.9. The van der Waals surface area contributed by atoms with Gasteiger partial charge < -0.3 is 0 Å². The quantitative estimate of drug-likeness (QED) is 0.398. The van der Waals surface area contributed by atoms with Gasteiger partial charge in [0, 0.05) is 0 Å². The Morgan fingerprint density at radius 3 is 0.947 bits per heavy atom. The van der Waals surface area contributed by atoms with Crippen molar-refractivity contribution < 1.29 is 0 Å². The van der Waals surface area contributed by atoms with E-state index in [1.54, 1.807) is 48.5 Å². The summed E-state index contributed by atoms with van der Waals surface area (Å²) in [6.45, 7) is 7.47. The molecule has 0 aliphatic heterocycles. The molecule has 1 aromatic carbocycles. The van der Waals surface area contributed by atoms with Crippen LogP contribution in [0.25, 0.3) is 0 Å². The molecule has 2 heteroatoms. The highest BCUT2D eigenvalue weighted by Crippen LogP contribution is 1.86. The van der Waals surface area contributed by atoms with E-state index in [2.05, 4.69) is 48.5 Å². The molecule has 2 nitrogen and oxygen atoms in total. The summed E-state index contributed by atoms with van der Waals surface area (Å²) in [5.74, 6) is 0. The van der Waals surface area contributed by atoms with Crippen LogP contribution in [-0.2, 0) is 0 Å². The van der Waals surface area contributed by atoms with Crippen LogP contribution in [0.1, 0.15) is 22.3 Å². The van der Waals surface area contributed by atoms with Gasteiger partial charge in [-0.15, -0.1) is 0 Å². The standard InChI is InChI=1S/C36H30O2/c1-31-19-9-6-5-7-11-27-35(37)29-17-25-33(3)23-15-16-24-34(4)26-18-30-36(38)28-12-8-10-20-32(2)22-14-13-21-31/h5-12,17-20,25-30H,1-4H3. The third-order valence-electron chi connectivity index (χ3n) is 4.26. The van der Waals surface area contributed by atoms with Gasteiger partial charge in [-0.2, -0.15) is 0 Å². The topological polar surface area (TPSA) is 34.1 Å². The zero-order valence-corrected chi connectivity index (χ0v) is 22.2. The SMILES string of the molecule is Cc1c#cc#cc(C)cccccc(=O)cccc(C)c#cc#cc(C)cccc(=O)ccccccc1. The first-order chi connectivity index (χ1) is 18.4. The number of aryl methyl sites for hydroxylation is 4. The summed E-state index contributed by atoms with van der Waals surface area (Å²) in [6, 6.07) is 53.7. The molecule has 1 aromatic rings. The molecule has 0 aromatic heterocycles. The second-order valence-electron chi connectivity index (χ2n) is 7.79. The third-order valence-corrected chi connectivity index (χ3v) is 4.26. The highest BCUT2D eigenvalue weighted by Gasteiger charge is 1.74. The lowest BCUT2D eigenvalue weighted by molar-refractivity contribution is 1.49. The van der Waals surface area contributed by atoms with Gasteiger partial charge in [-0.1, -0.05) is 109 Å². The van der Waals surface area contributed by atoms with E-state index in [-0.39, 0.29) is 10.9 Å². The minimum Gasteiger partial charge on any atom is -0.290 e. The average molecular weight is 495 g/mol. The minimum atomic E-state index is -0.134. The molecular formula is C36H30O2. The van der Waals surface area contributed by atoms with Crippen molar-refractivity contribution in [2.45, 2.75) is 27.7 Å². The molecule has 0 aliphatic rings. The summed E-state index contributed by atoms with van der Waals surface area (Å²) in [7, 11) is 0. The fraction of sp³-hybridized carbons (Fsp3) is 0.111. The monoisotopic (exact) mass is 494 g/mol. The summed E-state index contributed by atoms with van der Waals surface area (Å²) >= 11 is 0. The van der Waals surface area contributed by atoms with E-state index in [9.17, 15) is 9.59 Å². The smallest absolute Gasteiger partial charge is 0.178 e. The van der Waals surface area contributed by atoms with Gasteiger partial charge in [-0.25, -0.2) is 0 Å². The first-order valence-corrected chi connectivity index (χ1v) is 11.9. The fourth-order valence-electron chi connectivity index (χ4n) is 2.33. The molecule has 186 valence electrons. The Hall–Kier alpha value is -5.28. The molecule has 0 saturated carbocycles. The zero-order valence-electron chi connectivity index (χ0n) is 22.2. The van der Waals surface area contributed by atoms with E-state index in [0.29, 0.717) is 0 Å². The van der Waals surface area contributed by atoms with Crippen molar-refractivity contribution in [3.63, 3.8) is 0 Å². The van der Waals surface area contributed by atoms with E-state index in [1.807, 2.05) is 64.1 Å². The van der Waals surface area contributed by atoms with Crippen molar-refractivity contribution in [2.24, 2.45) is 0 Å². The maximum Gasteiger partial charge on any atom is 0.178 e. The van der Waals surface area contributed by atoms with Gasteiger partial charge in [0.05, 0.1) is 0 Å². The molecule has 0 unspecified atom stereocenters. The second kappa shape index (κ2) is 20.0. The van der Waals surface area contributed by atoms with Crippen LogP contribution in [0.4, 0.5) is 0 Å². The molecule has 0 saturated heterocycles. The first-order valence-electron chi connectivity index (χ1n) is 11.9. The van der Waals surface area contributed by atoms with Crippen molar-refractivity contribution in [1.82, 2.24) is 0 Å². The van der Waals surface area contributed by atoms with E-state index in [1.165, 1.54) is 24.3 Å². The predicted octanol–water partition coefficient (Wildman–Crippen LogP) is 6.79. The molecular weight excluding hydrogens is 464 g/mol. The maximum absolute atomic E-state index is 11.9. The highest BCUT2D eigenvalue weighted by molar-refractivity contribution is 5.06. The summed E-state index contributed by atoms with van der Waals surface area (Å²) in [6.07, 6.45) is 0. The van der Waals surface area contributed by atoms with E-state index >= 15 is 0 Å². The Labute approximate surface area is 227 Å². The van der Waals surface area contributed by atoms with Crippen LogP contribution in [0, 0.1) is 76.2 Å². The average Bonchev–Trinajstić information content (AvgIpc) is 2.88. The fourth-order valence-corrected chi connectivity index (χ4v) is 2.33. The Kier molecular flexibility index (Phi) is 16.2. The van der Waals surface area contributed by atoms with Crippen molar-refractivity contribution >= 4 is 0 Å². The van der Waals surface area contributed by atoms with Gasteiger partial charge in [0.2, 0.25) is 0 Å². The molecule has 0 heterocycles. The Bertz CT molecular complexity index is 1410. The molecule has 0 atom stereocenters. The molecule has 0 aliphatic carbocycles. The molecule has 0 radical (unpaired) electrons. The second-order valence-corrected chi connectivity index (χ2v) is 7.79. The number of hydrogen-bond donors (Lipinski definition) is 0. The van der Waals surface area contributed by atoms with E-state index in [0.717, 1.165) is 22.3 Å². The third kappa shape index (κ3) is 18.1. The van der Waals surface area contributed by atoms with Gasteiger partial charge in [0.25, 0.3) is 0 Å². The van der Waals surface area contributed by atoms with Gasteiger partial charge in [0.1, 0.15) is 0 Å². The zero-order chi connectivity index (χ0) is 27.8. The number of rotatable bonds is 0. The molecule has 0 bridgehead atoms. The molecule has 0 amide bonds. The first kappa shape index (κ1) is 30.8. The molecule has 0 spiro atoms. The molecule has 0 fully saturated rings. The lowest BCUT2D eigenvalue weighted by Crippen LogP contribution is -1.88. The van der Waals surface area contributed by atoms with Gasteiger partial charge in [0.15, 0.2) is 10.9 Å². The summed E-state index contributed by atoms with van der Waals surface area (Å²) in [5, 5.41) is 0. The van der Waals surface area contributed by atoms with E-state index < -0.39 is 0 Å². The van der Waals surface area contributed by atoms with Crippen LogP contribution < -0.4 is 10.9 Å². The lowest BCUT2D eigenvalue weighted by Gasteiger charge is -1.74. The Morgan fingerprint density at radius 1 is 0.342 bits per heavy atom. The van der Waals surface area contributed by atoms with Crippen molar-refractivity contribution in [1.29, 1.82) is 0 Å². The lowest BCUT2D eigenvalue weighted by atomic mass is 10.3. The van der Waals surface area contributed by atoms with Crippen LogP contribution in [0.5, 0.6) is 0 Å². The van der Waals surface area contributed by atoms with Gasteiger partial charge in [-0.05, 0) is 98.5 Å². The summed E-state index contributed by atoms with van der Waals surface area (Å²) in [4.78, 5) is 23.8. The van der Waals surface area contributed by atoms with Crippen LogP contribution in [0.3, 0.4) is 0 Å². The highest BCUT2D eigenvalue weighted by atomic mass is 16.1. The normalized spacial score (nSPS) is 7.89. The Balaban J connectivity index is 3.44. The van der Waals surface area contributed by atoms with Gasteiger partial charge in [-0.3, -0.25) is 9.59 Å². The summed E-state index contributed by atoms with van der Waals surface area (Å²) in [5.41, 5.74) is 3.03. The van der Waals surface area contributed by atoms with E-state index in [4.69, 9.17) is 0 Å². The molecule has 0 N–H and O–H groups in total. The summed E-state index contributed by atoms with van der Waals surface area (Å²) < 4.78 is 0.